The Kier molecular flexibility index (Phi) is 5.37. The molecule has 0 aliphatic heterocycles. The predicted molar refractivity (Wildman–Crippen MR) is 86.2 cm³/mol. The van der Waals surface area contributed by atoms with Crippen molar-refractivity contribution in [3.8, 4) is 6.07 Å². The minimum Gasteiger partial charge on any atom is -0.297 e. The highest BCUT2D eigenvalue weighted by Gasteiger charge is 2.37. The number of hydrogen-bond donors (Lipinski definition) is 1. The molecule has 1 aliphatic rings. The Morgan fingerprint density at radius 1 is 1.45 bits per heavy atom. The molecule has 1 aromatic rings. The van der Waals surface area contributed by atoms with Crippen LogP contribution in [0.5, 0.6) is 0 Å². The van der Waals surface area contributed by atoms with Crippen LogP contribution in [0.1, 0.15) is 39.5 Å². The molecule has 0 radical (unpaired) electrons. The van der Waals surface area contributed by atoms with Gasteiger partial charge in [0.15, 0.2) is 0 Å². The first-order valence-corrected chi connectivity index (χ1v) is 8.40. The van der Waals surface area contributed by atoms with E-state index in [1.54, 1.807) is 0 Å². The molecule has 2 unspecified atom stereocenters. The van der Waals surface area contributed by atoms with Crippen molar-refractivity contribution in [2.24, 2.45) is 0 Å². The fourth-order valence-corrected chi connectivity index (χ4v) is 4.48. The van der Waals surface area contributed by atoms with E-state index in [0.717, 1.165) is 35.6 Å². The van der Waals surface area contributed by atoms with E-state index in [0.29, 0.717) is 11.3 Å². The van der Waals surface area contributed by atoms with E-state index >= 15 is 0 Å². The molecular formula is C16H21ClN2S. The lowest BCUT2D eigenvalue weighted by Gasteiger charge is -2.37. The fraction of sp³-hybridized carbons (Fsp3) is 0.562. The lowest BCUT2D eigenvalue weighted by Crippen LogP contribution is -2.51. The summed E-state index contributed by atoms with van der Waals surface area (Å²) in [6.45, 7) is 4.20. The van der Waals surface area contributed by atoms with E-state index in [1.807, 2.05) is 30.0 Å². The summed E-state index contributed by atoms with van der Waals surface area (Å²) in [5.41, 5.74) is -0.370. The third kappa shape index (κ3) is 3.91. The number of thioether (sulfide) groups is 1. The van der Waals surface area contributed by atoms with Gasteiger partial charge < -0.3 is 0 Å². The van der Waals surface area contributed by atoms with Crippen LogP contribution in [-0.4, -0.2) is 16.8 Å². The smallest absolute Gasteiger partial charge is 0.108 e. The summed E-state index contributed by atoms with van der Waals surface area (Å²) < 4.78 is 0. The number of nitrogens with one attached hydrogen (secondary N) is 1. The highest BCUT2D eigenvalue weighted by molar-refractivity contribution is 8.00. The van der Waals surface area contributed by atoms with Crippen LogP contribution in [0.3, 0.4) is 0 Å². The van der Waals surface area contributed by atoms with E-state index < -0.39 is 0 Å². The second-order valence-corrected chi connectivity index (χ2v) is 7.51. The lowest BCUT2D eigenvalue weighted by molar-refractivity contribution is 0.284. The Balaban J connectivity index is 2.07. The van der Waals surface area contributed by atoms with Gasteiger partial charge >= 0.3 is 0 Å². The van der Waals surface area contributed by atoms with Gasteiger partial charge in [-0.3, -0.25) is 5.32 Å². The topological polar surface area (TPSA) is 35.8 Å². The molecule has 0 heterocycles. The molecule has 1 aliphatic carbocycles. The van der Waals surface area contributed by atoms with Crippen LogP contribution in [-0.2, 0) is 0 Å². The standard InChI is InChI=1S/C16H21ClN2S/c1-12(2)19-16(11-18)9-5-6-13(10-16)20-15-8-4-3-7-14(15)17/h3-4,7-8,12-13,19H,5-6,9-10H2,1-2H3. The summed E-state index contributed by atoms with van der Waals surface area (Å²) in [5, 5.41) is 14.3. The molecule has 0 aromatic heterocycles. The van der Waals surface area contributed by atoms with Crippen LogP contribution < -0.4 is 5.32 Å². The minimum atomic E-state index is -0.370. The number of rotatable bonds is 4. The molecule has 0 saturated heterocycles. The molecule has 1 N–H and O–H groups in total. The van der Waals surface area contributed by atoms with Crippen molar-refractivity contribution in [2.75, 3.05) is 0 Å². The van der Waals surface area contributed by atoms with Crippen molar-refractivity contribution in [1.29, 1.82) is 5.26 Å². The Morgan fingerprint density at radius 2 is 2.20 bits per heavy atom. The zero-order valence-electron chi connectivity index (χ0n) is 12.0. The average molecular weight is 309 g/mol. The zero-order chi connectivity index (χ0) is 14.6. The SMILES string of the molecule is CC(C)NC1(C#N)CCCC(Sc2ccccc2Cl)C1. The first-order chi connectivity index (χ1) is 9.54. The molecule has 20 heavy (non-hydrogen) atoms. The van der Waals surface area contributed by atoms with Crippen LogP contribution in [0.4, 0.5) is 0 Å². The predicted octanol–water partition coefficient (Wildman–Crippen LogP) is 4.64. The maximum Gasteiger partial charge on any atom is 0.108 e. The average Bonchev–Trinajstić information content (AvgIpc) is 2.41. The van der Waals surface area contributed by atoms with Crippen molar-refractivity contribution < 1.29 is 0 Å². The maximum atomic E-state index is 9.58. The molecule has 0 spiro atoms. The highest BCUT2D eigenvalue weighted by atomic mass is 35.5. The monoisotopic (exact) mass is 308 g/mol. The molecule has 1 saturated carbocycles. The summed E-state index contributed by atoms with van der Waals surface area (Å²) in [5.74, 6) is 0. The molecule has 2 rings (SSSR count). The van der Waals surface area contributed by atoms with Gasteiger partial charge in [-0.05, 0) is 51.7 Å². The van der Waals surface area contributed by atoms with Gasteiger partial charge in [-0.2, -0.15) is 5.26 Å². The Morgan fingerprint density at radius 3 is 2.85 bits per heavy atom. The van der Waals surface area contributed by atoms with Gasteiger partial charge in [0, 0.05) is 16.2 Å². The minimum absolute atomic E-state index is 0.332. The lowest BCUT2D eigenvalue weighted by atomic mass is 9.82. The normalized spacial score (nSPS) is 26.4. The summed E-state index contributed by atoms with van der Waals surface area (Å²) in [6.07, 6.45) is 4.08. The van der Waals surface area contributed by atoms with E-state index in [1.165, 1.54) is 0 Å². The Bertz CT molecular complexity index is 497. The molecule has 1 fully saturated rings. The Hall–Kier alpha value is -0.690. The van der Waals surface area contributed by atoms with Crippen LogP contribution >= 0.6 is 23.4 Å². The van der Waals surface area contributed by atoms with Gasteiger partial charge in [0.2, 0.25) is 0 Å². The summed E-state index contributed by atoms with van der Waals surface area (Å²) in [6, 6.07) is 10.8. The molecule has 108 valence electrons. The molecule has 4 heteroatoms. The van der Waals surface area contributed by atoms with Crippen molar-refractivity contribution in [2.45, 2.75) is 61.3 Å². The second-order valence-electron chi connectivity index (χ2n) is 5.76. The highest BCUT2D eigenvalue weighted by Crippen LogP contribution is 2.40. The molecule has 0 bridgehead atoms. The van der Waals surface area contributed by atoms with Crippen LogP contribution in [0.15, 0.2) is 29.2 Å². The van der Waals surface area contributed by atoms with Gasteiger partial charge in [-0.1, -0.05) is 23.7 Å². The van der Waals surface area contributed by atoms with E-state index in [9.17, 15) is 5.26 Å². The molecule has 0 amide bonds. The van der Waals surface area contributed by atoms with E-state index in [4.69, 9.17) is 11.6 Å². The third-order valence-electron chi connectivity index (χ3n) is 3.62. The van der Waals surface area contributed by atoms with Crippen molar-refractivity contribution in [3.05, 3.63) is 29.3 Å². The summed E-state index contributed by atoms with van der Waals surface area (Å²) >= 11 is 8.04. The largest absolute Gasteiger partial charge is 0.297 e. The van der Waals surface area contributed by atoms with Gasteiger partial charge in [0.1, 0.15) is 5.54 Å². The first-order valence-electron chi connectivity index (χ1n) is 7.15. The van der Waals surface area contributed by atoms with Gasteiger partial charge in [0.25, 0.3) is 0 Å². The summed E-state index contributed by atoms with van der Waals surface area (Å²) in [4.78, 5) is 1.12. The number of nitriles is 1. The van der Waals surface area contributed by atoms with Gasteiger partial charge in [0.05, 0.1) is 11.1 Å². The number of hydrogen-bond acceptors (Lipinski definition) is 3. The second kappa shape index (κ2) is 6.85. The van der Waals surface area contributed by atoms with Gasteiger partial charge in [-0.15, -0.1) is 11.8 Å². The molecule has 2 atom stereocenters. The number of halogens is 1. The van der Waals surface area contributed by atoms with Crippen LogP contribution in [0.25, 0.3) is 0 Å². The van der Waals surface area contributed by atoms with Crippen molar-refractivity contribution >= 4 is 23.4 Å². The fourth-order valence-electron chi connectivity index (χ4n) is 2.86. The van der Waals surface area contributed by atoms with E-state index in [2.05, 4.69) is 31.3 Å². The maximum absolute atomic E-state index is 9.58. The Labute approximate surface area is 130 Å². The van der Waals surface area contributed by atoms with Crippen molar-refractivity contribution in [1.82, 2.24) is 5.32 Å². The zero-order valence-corrected chi connectivity index (χ0v) is 13.6. The number of nitrogens with zero attached hydrogens (tertiary/aromatic N) is 1. The van der Waals surface area contributed by atoms with E-state index in [-0.39, 0.29) is 5.54 Å². The molecule has 1 aromatic carbocycles. The molecular weight excluding hydrogens is 288 g/mol. The number of benzene rings is 1. The quantitative estimate of drug-likeness (QED) is 0.880. The van der Waals surface area contributed by atoms with Crippen molar-refractivity contribution in [3.63, 3.8) is 0 Å². The van der Waals surface area contributed by atoms with Crippen LogP contribution in [0.2, 0.25) is 5.02 Å². The summed E-state index contributed by atoms with van der Waals surface area (Å²) in [7, 11) is 0. The van der Waals surface area contributed by atoms with Crippen LogP contribution in [0, 0.1) is 11.3 Å². The third-order valence-corrected chi connectivity index (χ3v) is 5.40. The van der Waals surface area contributed by atoms with Gasteiger partial charge in [-0.25, -0.2) is 0 Å². The molecule has 2 nitrogen and oxygen atoms in total. The first kappa shape index (κ1) is 15.7.